The number of carbonyl (C=O) groups excluding carboxylic acids is 1. The van der Waals surface area contributed by atoms with Gasteiger partial charge in [0.05, 0.1) is 13.0 Å². The Hall–Kier alpha value is -1.14. The number of nitrogens with one attached hydrogen (secondary N) is 1. The summed E-state index contributed by atoms with van der Waals surface area (Å²) in [5.41, 5.74) is 5.79. The van der Waals surface area contributed by atoms with Gasteiger partial charge >= 0.3 is 5.97 Å². The summed E-state index contributed by atoms with van der Waals surface area (Å²) in [6.07, 6.45) is 2.44. The van der Waals surface area contributed by atoms with E-state index in [0.29, 0.717) is 13.0 Å². The number of amides is 1. The molecule has 104 valence electrons. The van der Waals surface area contributed by atoms with Crippen LogP contribution in [0.1, 0.15) is 32.6 Å². The fourth-order valence-corrected chi connectivity index (χ4v) is 2.10. The lowest BCUT2D eigenvalue weighted by atomic mass is 10.1. The topological polar surface area (TPSA) is 95.7 Å². The second-order valence-electron chi connectivity index (χ2n) is 4.88. The number of hydrogen-bond donors (Lipinski definition) is 3. The molecule has 6 nitrogen and oxygen atoms in total. The van der Waals surface area contributed by atoms with E-state index in [0.717, 1.165) is 25.9 Å². The first kappa shape index (κ1) is 14.9. The summed E-state index contributed by atoms with van der Waals surface area (Å²) < 4.78 is 0. The molecule has 1 atom stereocenters. The maximum absolute atomic E-state index is 11.8. The largest absolute Gasteiger partial charge is 0.481 e. The summed E-state index contributed by atoms with van der Waals surface area (Å²) >= 11 is 0. The van der Waals surface area contributed by atoms with Crippen LogP contribution in [0.15, 0.2) is 0 Å². The average Bonchev–Trinajstić information content (AvgIpc) is 2.30. The zero-order chi connectivity index (χ0) is 13.5. The van der Waals surface area contributed by atoms with Gasteiger partial charge in [-0.05, 0) is 19.3 Å². The van der Waals surface area contributed by atoms with Gasteiger partial charge in [-0.15, -0.1) is 0 Å². The molecule has 1 unspecified atom stereocenters. The molecule has 4 N–H and O–H groups in total. The lowest BCUT2D eigenvalue weighted by Gasteiger charge is -2.29. The number of carboxylic acid groups (broad SMARTS) is 1. The smallest absolute Gasteiger partial charge is 0.305 e. The van der Waals surface area contributed by atoms with Crippen molar-refractivity contribution < 1.29 is 14.7 Å². The van der Waals surface area contributed by atoms with Crippen molar-refractivity contribution in [1.82, 2.24) is 10.2 Å². The van der Waals surface area contributed by atoms with E-state index >= 15 is 0 Å². The number of carbonyl (C=O) groups is 2. The van der Waals surface area contributed by atoms with Crippen molar-refractivity contribution in [2.24, 2.45) is 5.73 Å². The van der Waals surface area contributed by atoms with Crippen LogP contribution in [-0.2, 0) is 9.59 Å². The van der Waals surface area contributed by atoms with Gasteiger partial charge in [0.1, 0.15) is 0 Å². The normalized spacial score (nSPS) is 19.4. The van der Waals surface area contributed by atoms with Crippen LogP contribution in [0.25, 0.3) is 0 Å². The Morgan fingerprint density at radius 3 is 2.56 bits per heavy atom. The van der Waals surface area contributed by atoms with E-state index in [9.17, 15) is 9.59 Å². The molecule has 1 aliphatic rings. The van der Waals surface area contributed by atoms with Gasteiger partial charge in [-0.2, -0.15) is 0 Å². The highest BCUT2D eigenvalue weighted by Gasteiger charge is 2.20. The zero-order valence-corrected chi connectivity index (χ0v) is 10.9. The highest BCUT2D eigenvalue weighted by atomic mass is 16.4. The van der Waals surface area contributed by atoms with Crippen LogP contribution in [0.2, 0.25) is 0 Å². The lowest BCUT2D eigenvalue weighted by molar-refractivity contribution is -0.137. The molecule has 1 rings (SSSR count). The van der Waals surface area contributed by atoms with Crippen LogP contribution in [0, 0.1) is 0 Å². The van der Waals surface area contributed by atoms with Crippen molar-refractivity contribution in [3.05, 3.63) is 0 Å². The molecule has 0 aliphatic carbocycles. The molecule has 0 aromatic rings. The molecule has 1 saturated heterocycles. The second kappa shape index (κ2) is 7.33. The molecule has 0 saturated carbocycles. The van der Waals surface area contributed by atoms with E-state index in [1.807, 2.05) is 6.92 Å². The molecule has 0 bridgehead atoms. The molecule has 1 fully saturated rings. The molecule has 0 radical (unpaired) electrons. The van der Waals surface area contributed by atoms with Crippen molar-refractivity contribution >= 4 is 11.9 Å². The Kier molecular flexibility index (Phi) is 6.07. The van der Waals surface area contributed by atoms with E-state index in [1.165, 1.54) is 0 Å². The number of aliphatic carboxylic acids is 1. The van der Waals surface area contributed by atoms with Gasteiger partial charge in [-0.3, -0.25) is 14.5 Å². The molecule has 0 spiro atoms. The molecular formula is C12H23N3O3. The van der Waals surface area contributed by atoms with Crippen LogP contribution in [0.3, 0.4) is 0 Å². The van der Waals surface area contributed by atoms with Gasteiger partial charge in [0.2, 0.25) is 5.91 Å². The standard InChI is InChI=1S/C12H23N3O3/c1-2-10(7-12(17)18)14-11(16)8-15-5-3-9(13)4-6-15/h9-10H,2-8,13H2,1H3,(H,14,16)(H,17,18). The number of carboxylic acids is 1. The first-order valence-electron chi connectivity index (χ1n) is 6.50. The predicted octanol–water partition coefficient (Wildman–Crippen LogP) is -0.221. The summed E-state index contributed by atoms with van der Waals surface area (Å²) in [4.78, 5) is 24.4. The van der Waals surface area contributed by atoms with Crippen molar-refractivity contribution in [2.75, 3.05) is 19.6 Å². The number of rotatable bonds is 6. The van der Waals surface area contributed by atoms with Crippen LogP contribution < -0.4 is 11.1 Å². The van der Waals surface area contributed by atoms with E-state index in [4.69, 9.17) is 10.8 Å². The van der Waals surface area contributed by atoms with Crippen LogP contribution in [0.5, 0.6) is 0 Å². The number of likely N-dealkylation sites (tertiary alicyclic amines) is 1. The third-order valence-electron chi connectivity index (χ3n) is 3.28. The predicted molar refractivity (Wildman–Crippen MR) is 68.1 cm³/mol. The maximum Gasteiger partial charge on any atom is 0.305 e. The van der Waals surface area contributed by atoms with E-state index in [2.05, 4.69) is 10.2 Å². The SMILES string of the molecule is CCC(CC(=O)O)NC(=O)CN1CCC(N)CC1. The van der Waals surface area contributed by atoms with E-state index in [-0.39, 0.29) is 24.4 Å². The van der Waals surface area contributed by atoms with Crippen molar-refractivity contribution in [2.45, 2.75) is 44.7 Å². The molecule has 6 heteroatoms. The number of nitrogens with zero attached hydrogens (tertiary/aromatic N) is 1. The van der Waals surface area contributed by atoms with Crippen molar-refractivity contribution in [3.8, 4) is 0 Å². The summed E-state index contributed by atoms with van der Waals surface area (Å²) in [5.74, 6) is -0.982. The monoisotopic (exact) mass is 257 g/mol. The lowest BCUT2D eigenvalue weighted by Crippen LogP contribution is -2.46. The highest BCUT2D eigenvalue weighted by Crippen LogP contribution is 2.07. The number of piperidine rings is 1. The summed E-state index contributed by atoms with van der Waals surface area (Å²) in [5, 5.41) is 11.5. The zero-order valence-electron chi connectivity index (χ0n) is 10.9. The number of hydrogen-bond acceptors (Lipinski definition) is 4. The fourth-order valence-electron chi connectivity index (χ4n) is 2.10. The summed E-state index contributed by atoms with van der Waals surface area (Å²) in [6.45, 7) is 3.88. The third kappa shape index (κ3) is 5.46. The van der Waals surface area contributed by atoms with Crippen LogP contribution in [-0.4, -0.2) is 53.6 Å². The van der Waals surface area contributed by atoms with E-state index < -0.39 is 5.97 Å². The van der Waals surface area contributed by atoms with Gasteiger partial charge in [-0.1, -0.05) is 6.92 Å². The molecule has 1 aliphatic heterocycles. The van der Waals surface area contributed by atoms with Gasteiger partial charge in [0.25, 0.3) is 0 Å². The van der Waals surface area contributed by atoms with Crippen LogP contribution >= 0.6 is 0 Å². The molecular weight excluding hydrogens is 234 g/mol. The van der Waals surface area contributed by atoms with Crippen molar-refractivity contribution in [1.29, 1.82) is 0 Å². The molecule has 0 aromatic carbocycles. The quantitative estimate of drug-likeness (QED) is 0.611. The summed E-state index contributed by atoms with van der Waals surface area (Å²) in [7, 11) is 0. The number of nitrogens with two attached hydrogens (primary N) is 1. The van der Waals surface area contributed by atoms with Crippen LogP contribution in [0.4, 0.5) is 0 Å². The van der Waals surface area contributed by atoms with Gasteiger partial charge in [0, 0.05) is 25.2 Å². The summed E-state index contributed by atoms with van der Waals surface area (Å²) in [6, 6.07) is -0.0261. The molecule has 1 amide bonds. The molecule has 0 aromatic heterocycles. The van der Waals surface area contributed by atoms with Gasteiger partial charge in [0.15, 0.2) is 0 Å². The Morgan fingerprint density at radius 2 is 2.06 bits per heavy atom. The first-order chi connectivity index (χ1) is 8.51. The molecule has 18 heavy (non-hydrogen) atoms. The third-order valence-corrected chi connectivity index (χ3v) is 3.28. The Morgan fingerprint density at radius 1 is 1.44 bits per heavy atom. The van der Waals surface area contributed by atoms with Gasteiger partial charge in [-0.25, -0.2) is 0 Å². The van der Waals surface area contributed by atoms with Gasteiger partial charge < -0.3 is 16.2 Å². The molecule has 1 heterocycles. The highest BCUT2D eigenvalue weighted by molar-refractivity contribution is 5.79. The first-order valence-corrected chi connectivity index (χ1v) is 6.50. The van der Waals surface area contributed by atoms with E-state index in [1.54, 1.807) is 0 Å². The minimum Gasteiger partial charge on any atom is -0.481 e. The minimum absolute atomic E-state index is 0.0207. The fraction of sp³-hybridized carbons (Fsp3) is 0.833. The Labute approximate surface area is 108 Å². The minimum atomic E-state index is -0.883. The Bertz CT molecular complexity index is 288. The van der Waals surface area contributed by atoms with Crippen molar-refractivity contribution in [3.63, 3.8) is 0 Å². The average molecular weight is 257 g/mol. The Balaban J connectivity index is 2.29. The second-order valence-corrected chi connectivity index (χ2v) is 4.88. The maximum atomic E-state index is 11.8.